The first kappa shape index (κ1) is 11.3. The number of aryl methyl sites for hydroxylation is 2. The maximum Gasteiger partial charge on any atom is 0.00170 e. The summed E-state index contributed by atoms with van der Waals surface area (Å²) in [6.07, 6.45) is 1.20. The number of likely N-dealkylation sites (N-methyl/N-ethyl adjacent to an activating group) is 1. The van der Waals surface area contributed by atoms with E-state index in [1.807, 2.05) is 7.05 Å². The molecule has 1 unspecified atom stereocenters. The summed E-state index contributed by atoms with van der Waals surface area (Å²) in [6, 6.07) is 6.80. The van der Waals surface area contributed by atoms with Crippen LogP contribution >= 0.6 is 0 Å². The fraction of sp³-hybridized carbons (Fsp3) is 0.538. The summed E-state index contributed by atoms with van der Waals surface area (Å²) in [4.78, 5) is 0. The van der Waals surface area contributed by atoms with E-state index in [9.17, 15) is 0 Å². The number of hydrogen-bond donors (Lipinski definition) is 1. The van der Waals surface area contributed by atoms with E-state index in [-0.39, 0.29) is 0 Å². The summed E-state index contributed by atoms with van der Waals surface area (Å²) in [5.74, 6) is 0.652. The van der Waals surface area contributed by atoms with Crippen molar-refractivity contribution in [3.05, 3.63) is 34.9 Å². The zero-order valence-corrected chi connectivity index (χ0v) is 9.72. The van der Waals surface area contributed by atoms with Crippen molar-refractivity contribution in [1.29, 1.82) is 0 Å². The SMILES string of the molecule is CCC(CNC)c1ccc(C)c(C)c1. The monoisotopic (exact) mass is 191 g/mol. The third kappa shape index (κ3) is 2.58. The van der Waals surface area contributed by atoms with Crippen LogP contribution in [-0.4, -0.2) is 13.6 Å². The molecule has 0 bridgehead atoms. The molecule has 1 N–H and O–H groups in total. The Bertz CT molecular complexity index is 291. The molecule has 0 spiro atoms. The average Bonchev–Trinajstić information content (AvgIpc) is 2.19. The number of nitrogens with one attached hydrogen (secondary N) is 1. The van der Waals surface area contributed by atoms with Gasteiger partial charge in [0.25, 0.3) is 0 Å². The number of hydrogen-bond acceptors (Lipinski definition) is 1. The molecule has 0 aliphatic heterocycles. The van der Waals surface area contributed by atoms with Gasteiger partial charge in [-0.3, -0.25) is 0 Å². The van der Waals surface area contributed by atoms with Gasteiger partial charge in [-0.05, 0) is 49.9 Å². The molecule has 0 aliphatic rings. The van der Waals surface area contributed by atoms with E-state index >= 15 is 0 Å². The van der Waals surface area contributed by atoms with Crippen LogP contribution in [0, 0.1) is 13.8 Å². The van der Waals surface area contributed by atoms with E-state index < -0.39 is 0 Å². The van der Waals surface area contributed by atoms with Gasteiger partial charge in [0, 0.05) is 6.54 Å². The van der Waals surface area contributed by atoms with E-state index in [0.717, 1.165) is 6.54 Å². The van der Waals surface area contributed by atoms with Gasteiger partial charge in [0.15, 0.2) is 0 Å². The van der Waals surface area contributed by atoms with Crippen LogP contribution in [-0.2, 0) is 0 Å². The Balaban J connectivity index is 2.88. The van der Waals surface area contributed by atoms with Crippen LogP contribution < -0.4 is 5.32 Å². The molecule has 0 aliphatic carbocycles. The Morgan fingerprint density at radius 3 is 2.43 bits per heavy atom. The summed E-state index contributed by atoms with van der Waals surface area (Å²) in [5.41, 5.74) is 4.25. The Labute approximate surface area is 87.5 Å². The molecule has 0 heterocycles. The lowest BCUT2D eigenvalue weighted by Gasteiger charge is -2.16. The van der Waals surface area contributed by atoms with Gasteiger partial charge < -0.3 is 5.32 Å². The summed E-state index contributed by atoms with van der Waals surface area (Å²) in [5, 5.41) is 3.25. The van der Waals surface area contributed by atoms with Crippen molar-refractivity contribution in [1.82, 2.24) is 5.32 Å². The molecule has 78 valence electrons. The lowest BCUT2D eigenvalue weighted by Crippen LogP contribution is -2.16. The molecule has 0 fully saturated rings. The fourth-order valence-electron chi connectivity index (χ4n) is 1.76. The van der Waals surface area contributed by atoms with E-state index in [4.69, 9.17) is 0 Å². The van der Waals surface area contributed by atoms with Gasteiger partial charge in [0.1, 0.15) is 0 Å². The highest BCUT2D eigenvalue weighted by atomic mass is 14.8. The fourth-order valence-corrected chi connectivity index (χ4v) is 1.76. The summed E-state index contributed by atoms with van der Waals surface area (Å²) >= 11 is 0. The second-order valence-electron chi connectivity index (χ2n) is 4.01. The first-order valence-electron chi connectivity index (χ1n) is 5.40. The Morgan fingerprint density at radius 1 is 1.21 bits per heavy atom. The maximum atomic E-state index is 3.25. The molecule has 1 heteroatoms. The van der Waals surface area contributed by atoms with E-state index in [1.54, 1.807) is 0 Å². The van der Waals surface area contributed by atoms with Gasteiger partial charge in [-0.2, -0.15) is 0 Å². The molecule has 1 aromatic rings. The largest absolute Gasteiger partial charge is 0.319 e. The van der Waals surface area contributed by atoms with Gasteiger partial charge in [-0.1, -0.05) is 25.1 Å². The lowest BCUT2D eigenvalue weighted by molar-refractivity contribution is 0.611. The Kier molecular flexibility index (Phi) is 4.15. The molecule has 0 aromatic heterocycles. The van der Waals surface area contributed by atoms with Crippen LogP contribution in [0.4, 0.5) is 0 Å². The molecular weight excluding hydrogens is 170 g/mol. The van der Waals surface area contributed by atoms with Crippen LogP contribution in [0.5, 0.6) is 0 Å². The zero-order chi connectivity index (χ0) is 10.6. The minimum Gasteiger partial charge on any atom is -0.319 e. The molecular formula is C13H21N. The van der Waals surface area contributed by atoms with Crippen LogP contribution in [0.25, 0.3) is 0 Å². The van der Waals surface area contributed by atoms with Crippen LogP contribution in [0.2, 0.25) is 0 Å². The van der Waals surface area contributed by atoms with Gasteiger partial charge in [0.2, 0.25) is 0 Å². The van der Waals surface area contributed by atoms with Crippen molar-refractivity contribution >= 4 is 0 Å². The second-order valence-corrected chi connectivity index (χ2v) is 4.01. The minimum atomic E-state index is 0.652. The van der Waals surface area contributed by atoms with Crippen molar-refractivity contribution in [2.24, 2.45) is 0 Å². The number of benzene rings is 1. The van der Waals surface area contributed by atoms with Crippen molar-refractivity contribution in [2.45, 2.75) is 33.1 Å². The molecule has 0 radical (unpaired) electrons. The summed E-state index contributed by atoms with van der Waals surface area (Å²) < 4.78 is 0. The van der Waals surface area contributed by atoms with Crippen molar-refractivity contribution in [3.63, 3.8) is 0 Å². The highest BCUT2D eigenvalue weighted by Crippen LogP contribution is 2.21. The molecule has 0 saturated carbocycles. The normalized spacial score (nSPS) is 12.9. The van der Waals surface area contributed by atoms with Gasteiger partial charge in [-0.25, -0.2) is 0 Å². The van der Waals surface area contributed by atoms with Crippen molar-refractivity contribution in [3.8, 4) is 0 Å². The molecule has 14 heavy (non-hydrogen) atoms. The highest BCUT2D eigenvalue weighted by molar-refractivity contribution is 5.32. The Morgan fingerprint density at radius 2 is 1.93 bits per heavy atom. The Hall–Kier alpha value is -0.820. The molecule has 0 saturated heterocycles. The van der Waals surface area contributed by atoms with E-state index in [2.05, 4.69) is 44.3 Å². The van der Waals surface area contributed by atoms with E-state index in [1.165, 1.54) is 23.1 Å². The zero-order valence-electron chi connectivity index (χ0n) is 9.72. The quantitative estimate of drug-likeness (QED) is 0.771. The second kappa shape index (κ2) is 5.16. The van der Waals surface area contributed by atoms with Crippen molar-refractivity contribution in [2.75, 3.05) is 13.6 Å². The first-order chi connectivity index (χ1) is 6.69. The molecule has 1 nitrogen and oxygen atoms in total. The third-order valence-corrected chi connectivity index (χ3v) is 2.95. The standard InChI is InChI=1S/C13H21N/c1-5-12(9-14-4)13-7-6-10(2)11(3)8-13/h6-8,12,14H,5,9H2,1-4H3. The molecule has 1 rings (SSSR count). The minimum absolute atomic E-state index is 0.652. The third-order valence-electron chi connectivity index (χ3n) is 2.95. The predicted molar refractivity (Wildman–Crippen MR) is 62.9 cm³/mol. The van der Waals surface area contributed by atoms with Gasteiger partial charge in [-0.15, -0.1) is 0 Å². The van der Waals surface area contributed by atoms with Gasteiger partial charge >= 0.3 is 0 Å². The molecule has 1 aromatic carbocycles. The van der Waals surface area contributed by atoms with Crippen LogP contribution in [0.3, 0.4) is 0 Å². The molecule has 1 atom stereocenters. The maximum absolute atomic E-state index is 3.25. The summed E-state index contributed by atoms with van der Waals surface area (Å²) in [6.45, 7) is 7.67. The van der Waals surface area contributed by atoms with Gasteiger partial charge in [0.05, 0.1) is 0 Å². The topological polar surface area (TPSA) is 12.0 Å². The average molecular weight is 191 g/mol. The van der Waals surface area contributed by atoms with E-state index in [0.29, 0.717) is 5.92 Å². The van der Waals surface area contributed by atoms with Crippen LogP contribution in [0.1, 0.15) is 36.0 Å². The summed E-state index contributed by atoms with van der Waals surface area (Å²) in [7, 11) is 2.02. The smallest absolute Gasteiger partial charge is 0.00170 e. The number of rotatable bonds is 4. The predicted octanol–water partition coefficient (Wildman–Crippen LogP) is 3.02. The molecule has 0 amide bonds. The van der Waals surface area contributed by atoms with Crippen LogP contribution in [0.15, 0.2) is 18.2 Å². The lowest BCUT2D eigenvalue weighted by atomic mass is 9.93. The highest BCUT2D eigenvalue weighted by Gasteiger charge is 2.08. The first-order valence-corrected chi connectivity index (χ1v) is 5.40. The van der Waals surface area contributed by atoms with Crippen molar-refractivity contribution < 1.29 is 0 Å².